The van der Waals surface area contributed by atoms with Gasteiger partial charge in [-0.05, 0) is 67.3 Å². The lowest BCUT2D eigenvalue weighted by molar-refractivity contribution is 0.205. The van der Waals surface area contributed by atoms with Crippen molar-refractivity contribution in [3.63, 3.8) is 0 Å². The lowest BCUT2D eigenvalue weighted by Gasteiger charge is -2.21. The molecule has 1 N–H and O–H groups in total. The molecular formula is C18H20ClNO. The highest BCUT2D eigenvalue weighted by molar-refractivity contribution is 6.30. The summed E-state index contributed by atoms with van der Waals surface area (Å²) >= 11 is 6.05. The van der Waals surface area contributed by atoms with Gasteiger partial charge in [0.05, 0.1) is 0 Å². The number of halogens is 1. The van der Waals surface area contributed by atoms with E-state index in [0.29, 0.717) is 5.02 Å². The van der Waals surface area contributed by atoms with Gasteiger partial charge in [0.1, 0.15) is 11.9 Å². The first-order valence-corrected chi connectivity index (χ1v) is 7.74. The van der Waals surface area contributed by atoms with Gasteiger partial charge < -0.3 is 10.1 Å². The van der Waals surface area contributed by atoms with Crippen LogP contribution in [0.2, 0.25) is 5.02 Å². The predicted octanol–water partition coefficient (Wildman–Crippen LogP) is 4.22. The summed E-state index contributed by atoms with van der Waals surface area (Å²) in [6, 6.07) is 12.2. The van der Waals surface area contributed by atoms with Gasteiger partial charge in [-0.2, -0.15) is 0 Å². The fraction of sp³-hybridized carbons (Fsp3) is 0.333. The highest BCUT2D eigenvalue weighted by atomic mass is 35.5. The molecule has 0 saturated heterocycles. The van der Waals surface area contributed by atoms with Crippen molar-refractivity contribution in [1.29, 1.82) is 0 Å². The van der Waals surface area contributed by atoms with Crippen LogP contribution in [0.1, 0.15) is 28.4 Å². The zero-order valence-electron chi connectivity index (χ0n) is 12.4. The summed E-state index contributed by atoms with van der Waals surface area (Å²) in [5, 5.41) is 4.16. The topological polar surface area (TPSA) is 21.3 Å². The second-order valence-corrected chi connectivity index (χ2v) is 6.09. The van der Waals surface area contributed by atoms with Gasteiger partial charge in [0.2, 0.25) is 0 Å². The van der Waals surface area contributed by atoms with Crippen molar-refractivity contribution >= 4 is 11.6 Å². The SMILES string of the molecule is Cc1cc2c(cc1C)C(Oc1cccc(Cl)c1)CNCC2. The molecule has 1 aliphatic rings. The van der Waals surface area contributed by atoms with E-state index in [4.69, 9.17) is 16.3 Å². The Morgan fingerprint density at radius 1 is 1.14 bits per heavy atom. The Morgan fingerprint density at radius 3 is 2.76 bits per heavy atom. The number of benzene rings is 2. The van der Waals surface area contributed by atoms with Crippen LogP contribution in [0.5, 0.6) is 5.75 Å². The van der Waals surface area contributed by atoms with Crippen LogP contribution in [0.3, 0.4) is 0 Å². The van der Waals surface area contributed by atoms with Gasteiger partial charge in [0.15, 0.2) is 0 Å². The van der Waals surface area contributed by atoms with E-state index in [-0.39, 0.29) is 6.10 Å². The molecule has 0 aliphatic carbocycles. The third-order valence-corrected chi connectivity index (χ3v) is 4.31. The van der Waals surface area contributed by atoms with Crippen molar-refractivity contribution in [2.75, 3.05) is 13.1 Å². The van der Waals surface area contributed by atoms with Crippen LogP contribution in [0, 0.1) is 13.8 Å². The molecule has 3 rings (SSSR count). The average Bonchev–Trinajstić information content (AvgIpc) is 2.63. The second-order valence-electron chi connectivity index (χ2n) is 5.65. The molecule has 0 radical (unpaired) electrons. The van der Waals surface area contributed by atoms with E-state index in [1.807, 2.05) is 24.3 Å². The monoisotopic (exact) mass is 301 g/mol. The Kier molecular flexibility index (Phi) is 4.18. The number of rotatable bonds is 2. The fourth-order valence-corrected chi connectivity index (χ4v) is 2.97. The molecule has 0 fully saturated rings. The lowest BCUT2D eigenvalue weighted by Crippen LogP contribution is -2.23. The highest BCUT2D eigenvalue weighted by Crippen LogP contribution is 2.29. The third-order valence-electron chi connectivity index (χ3n) is 4.08. The van der Waals surface area contributed by atoms with Crippen molar-refractivity contribution < 1.29 is 4.74 Å². The van der Waals surface area contributed by atoms with Crippen molar-refractivity contribution in [3.05, 3.63) is 63.7 Å². The average molecular weight is 302 g/mol. The van der Waals surface area contributed by atoms with Crippen LogP contribution in [0.15, 0.2) is 36.4 Å². The van der Waals surface area contributed by atoms with Gasteiger partial charge >= 0.3 is 0 Å². The summed E-state index contributed by atoms with van der Waals surface area (Å²) in [5.74, 6) is 0.820. The van der Waals surface area contributed by atoms with Crippen molar-refractivity contribution in [2.24, 2.45) is 0 Å². The third kappa shape index (κ3) is 3.22. The Bertz CT molecular complexity index is 654. The van der Waals surface area contributed by atoms with Crippen LogP contribution in [-0.2, 0) is 6.42 Å². The molecule has 0 amide bonds. The van der Waals surface area contributed by atoms with E-state index in [1.165, 1.54) is 22.3 Å². The Balaban J connectivity index is 1.94. The zero-order valence-corrected chi connectivity index (χ0v) is 13.2. The van der Waals surface area contributed by atoms with Gasteiger partial charge in [0.25, 0.3) is 0 Å². The number of ether oxygens (including phenoxy) is 1. The molecule has 3 heteroatoms. The Morgan fingerprint density at radius 2 is 1.95 bits per heavy atom. The number of hydrogen-bond donors (Lipinski definition) is 1. The molecule has 0 aromatic heterocycles. The quantitative estimate of drug-likeness (QED) is 0.896. The molecule has 0 saturated carbocycles. The second kappa shape index (κ2) is 6.08. The summed E-state index contributed by atoms with van der Waals surface area (Å²) < 4.78 is 6.19. The lowest BCUT2D eigenvalue weighted by atomic mass is 9.95. The molecule has 1 unspecified atom stereocenters. The minimum Gasteiger partial charge on any atom is -0.484 e. The molecule has 1 atom stereocenters. The van der Waals surface area contributed by atoms with Crippen LogP contribution in [0.25, 0.3) is 0 Å². The first-order valence-electron chi connectivity index (χ1n) is 7.36. The molecule has 2 nitrogen and oxygen atoms in total. The van der Waals surface area contributed by atoms with Crippen LogP contribution >= 0.6 is 11.6 Å². The van der Waals surface area contributed by atoms with E-state index in [9.17, 15) is 0 Å². The van der Waals surface area contributed by atoms with Crippen molar-refractivity contribution in [2.45, 2.75) is 26.4 Å². The smallest absolute Gasteiger partial charge is 0.136 e. The highest BCUT2D eigenvalue weighted by Gasteiger charge is 2.21. The van der Waals surface area contributed by atoms with Gasteiger partial charge in [-0.1, -0.05) is 29.8 Å². The van der Waals surface area contributed by atoms with E-state index >= 15 is 0 Å². The molecular weight excluding hydrogens is 282 g/mol. The predicted molar refractivity (Wildman–Crippen MR) is 87.3 cm³/mol. The Hall–Kier alpha value is -1.51. The van der Waals surface area contributed by atoms with Gasteiger partial charge in [-0.25, -0.2) is 0 Å². The minimum absolute atomic E-state index is 0.0280. The maximum absolute atomic E-state index is 6.19. The molecule has 0 bridgehead atoms. The summed E-state index contributed by atoms with van der Waals surface area (Å²) in [7, 11) is 0. The molecule has 2 aromatic carbocycles. The number of aryl methyl sites for hydroxylation is 2. The number of fused-ring (bicyclic) bond motifs is 1. The zero-order chi connectivity index (χ0) is 14.8. The fourth-order valence-electron chi connectivity index (χ4n) is 2.79. The first-order chi connectivity index (χ1) is 10.1. The standard InChI is InChI=1S/C18H20ClNO/c1-12-8-14-6-7-20-11-18(17(14)9-13(12)2)21-16-5-3-4-15(19)10-16/h3-5,8-10,18,20H,6-7,11H2,1-2H3. The largest absolute Gasteiger partial charge is 0.484 e. The first kappa shape index (κ1) is 14.4. The molecule has 1 heterocycles. The van der Waals surface area contributed by atoms with Gasteiger partial charge in [-0.3, -0.25) is 0 Å². The summed E-state index contributed by atoms with van der Waals surface area (Å²) in [5.41, 5.74) is 5.34. The minimum atomic E-state index is 0.0280. The van der Waals surface area contributed by atoms with E-state index < -0.39 is 0 Å². The van der Waals surface area contributed by atoms with Gasteiger partial charge in [0, 0.05) is 11.6 Å². The summed E-state index contributed by atoms with van der Waals surface area (Å²) in [6.45, 7) is 6.14. The van der Waals surface area contributed by atoms with Crippen molar-refractivity contribution in [3.8, 4) is 5.75 Å². The van der Waals surface area contributed by atoms with Crippen LogP contribution < -0.4 is 10.1 Å². The number of hydrogen-bond acceptors (Lipinski definition) is 2. The molecule has 110 valence electrons. The summed E-state index contributed by atoms with van der Waals surface area (Å²) in [4.78, 5) is 0. The van der Waals surface area contributed by atoms with E-state index in [1.54, 1.807) is 0 Å². The van der Waals surface area contributed by atoms with E-state index in [2.05, 4.69) is 31.3 Å². The summed E-state index contributed by atoms with van der Waals surface area (Å²) in [6.07, 6.45) is 1.08. The normalized spacial score (nSPS) is 18.0. The maximum atomic E-state index is 6.19. The maximum Gasteiger partial charge on any atom is 0.136 e. The van der Waals surface area contributed by atoms with Crippen molar-refractivity contribution in [1.82, 2.24) is 5.32 Å². The Labute approximate surface area is 131 Å². The van der Waals surface area contributed by atoms with Crippen LogP contribution in [-0.4, -0.2) is 13.1 Å². The van der Waals surface area contributed by atoms with E-state index in [0.717, 1.165) is 25.3 Å². The molecule has 0 spiro atoms. The molecule has 1 aliphatic heterocycles. The molecule has 21 heavy (non-hydrogen) atoms. The van der Waals surface area contributed by atoms with Gasteiger partial charge in [-0.15, -0.1) is 0 Å². The number of nitrogens with one attached hydrogen (secondary N) is 1. The van der Waals surface area contributed by atoms with Crippen LogP contribution in [0.4, 0.5) is 0 Å². The molecule has 2 aromatic rings.